The van der Waals surface area contributed by atoms with Crippen molar-refractivity contribution < 1.29 is 13.7 Å². The first kappa shape index (κ1) is 17.0. The van der Waals surface area contributed by atoms with E-state index in [4.69, 9.17) is 20.9 Å². The number of hydrogen-bond acceptors (Lipinski definition) is 6. The van der Waals surface area contributed by atoms with Gasteiger partial charge in [0.15, 0.2) is 5.69 Å². The van der Waals surface area contributed by atoms with E-state index in [1.165, 1.54) is 12.1 Å². The highest BCUT2D eigenvalue weighted by Gasteiger charge is 2.28. The molecule has 0 N–H and O–H groups in total. The van der Waals surface area contributed by atoms with Gasteiger partial charge in [-0.3, -0.25) is 0 Å². The molecule has 0 spiro atoms. The van der Waals surface area contributed by atoms with Gasteiger partial charge in [-0.1, -0.05) is 46.2 Å². The van der Waals surface area contributed by atoms with Crippen LogP contribution in [0.5, 0.6) is 0 Å². The van der Waals surface area contributed by atoms with E-state index in [2.05, 4.69) is 20.5 Å². The highest BCUT2D eigenvalue weighted by molar-refractivity contribution is 6.33. The van der Waals surface area contributed by atoms with Crippen molar-refractivity contribution in [3.8, 4) is 23.0 Å². The van der Waals surface area contributed by atoms with Gasteiger partial charge in [0.25, 0.3) is 5.89 Å². The van der Waals surface area contributed by atoms with Crippen LogP contribution < -0.4 is 0 Å². The molecule has 0 fully saturated rings. The highest BCUT2D eigenvalue weighted by Crippen LogP contribution is 2.32. The lowest BCUT2D eigenvalue weighted by Crippen LogP contribution is -2.22. The second-order valence-electron chi connectivity index (χ2n) is 6.32. The van der Waals surface area contributed by atoms with Gasteiger partial charge in [-0.05, 0) is 29.8 Å². The number of benzene rings is 2. The van der Waals surface area contributed by atoms with Gasteiger partial charge in [-0.2, -0.15) is 4.98 Å². The number of aromatic nitrogens is 5. The van der Waals surface area contributed by atoms with E-state index in [9.17, 15) is 4.39 Å². The van der Waals surface area contributed by atoms with Crippen molar-refractivity contribution >= 4 is 11.6 Å². The van der Waals surface area contributed by atoms with Gasteiger partial charge in [-0.25, -0.2) is 9.07 Å². The van der Waals surface area contributed by atoms with Gasteiger partial charge < -0.3 is 9.26 Å². The van der Waals surface area contributed by atoms with Crippen LogP contribution in [-0.4, -0.2) is 25.1 Å². The standard InChI is InChI=1S/C19H13ClFN5O2/c20-14-4-2-1-3-13(14)18-22-19(28-24-18)17-15-10-27-16(9-26(15)25-23-17)11-5-7-12(21)8-6-11/h1-8,16H,9-10H2/t16-/m1/s1. The van der Waals surface area contributed by atoms with E-state index < -0.39 is 0 Å². The summed E-state index contributed by atoms with van der Waals surface area (Å²) < 4.78 is 26.2. The van der Waals surface area contributed by atoms with Crippen molar-refractivity contribution in [3.63, 3.8) is 0 Å². The van der Waals surface area contributed by atoms with Crippen LogP contribution in [0.4, 0.5) is 4.39 Å². The Bertz CT molecular complexity index is 1140. The molecule has 1 atom stereocenters. The predicted octanol–water partition coefficient (Wildman–Crippen LogP) is 4.06. The molecule has 9 heteroatoms. The molecule has 0 amide bonds. The fourth-order valence-corrected chi connectivity index (χ4v) is 3.35. The van der Waals surface area contributed by atoms with Gasteiger partial charge >= 0.3 is 0 Å². The molecule has 5 rings (SSSR count). The van der Waals surface area contributed by atoms with Crippen molar-refractivity contribution in [1.29, 1.82) is 0 Å². The first-order valence-corrected chi connectivity index (χ1v) is 8.95. The van der Waals surface area contributed by atoms with E-state index in [1.807, 2.05) is 18.2 Å². The van der Waals surface area contributed by atoms with Gasteiger partial charge in [0.1, 0.15) is 11.9 Å². The molecule has 0 bridgehead atoms. The summed E-state index contributed by atoms with van der Waals surface area (Å²) in [5, 5.41) is 12.9. The molecule has 2 aromatic carbocycles. The first-order chi connectivity index (χ1) is 13.7. The molecule has 0 aliphatic carbocycles. The van der Waals surface area contributed by atoms with Crippen LogP contribution in [0.1, 0.15) is 17.4 Å². The van der Waals surface area contributed by atoms with Crippen LogP contribution in [-0.2, 0) is 17.9 Å². The lowest BCUT2D eigenvalue weighted by molar-refractivity contribution is -0.00120. The average molecular weight is 398 g/mol. The van der Waals surface area contributed by atoms with E-state index in [0.717, 1.165) is 11.3 Å². The Morgan fingerprint density at radius 1 is 1.11 bits per heavy atom. The third kappa shape index (κ3) is 2.96. The number of hydrogen-bond donors (Lipinski definition) is 0. The summed E-state index contributed by atoms with van der Waals surface area (Å²) in [4.78, 5) is 4.40. The van der Waals surface area contributed by atoms with Gasteiger partial charge in [-0.15, -0.1) is 5.10 Å². The van der Waals surface area contributed by atoms with Crippen molar-refractivity contribution in [2.24, 2.45) is 0 Å². The SMILES string of the molecule is Fc1ccc([C@H]2Cn3nnc(-c4nc(-c5ccccc5Cl)no4)c3CO2)cc1. The molecule has 140 valence electrons. The first-order valence-electron chi connectivity index (χ1n) is 8.57. The minimum absolute atomic E-state index is 0.232. The summed E-state index contributed by atoms with van der Waals surface area (Å²) in [7, 11) is 0. The number of ether oxygens (including phenoxy) is 1. The van der Waals surface area contributed by atoms with Gasteiger partial charge in [0, 0.05) is 5.56 Å². The van der Waals surface area contributed by atoms with Crippen LogP contribution >= 0.6 is 11.6 Å². The average Bonchev–Trinajstić information content (AvgIpc) is 3.35. The Hall–Kier alpha value is -3.10. The second-order valence-corrected chi connectivity index (χ2v) is 6.73. The van der Waals surface area contributed by atoms with E-state index in [-0.39, 0.29) is 24.4 Å². The smallest absolute Gasteiger partial charge is 0.280 e. The molecule has 4 aromatic rings. The maximum Gasteiger partial charge on any atom is 0.280 e. The Morgan fingerprint density at radius 3 is 2.75 bits per heavy atom. The van der Waals surface area contributed by atoms with Crippen LogP contribution in [0.2, 0.25) is 5.02 Å². The monoisotopic (exact) mass is 397 g/mol. The summed E-state index contributed by atoms with van der Waals surface area (Å²) in [5.41, 5.74) is 2.77. The van der Waals surface area contributed by atoms with Crippen molar-refractivity contribution in [3.05, 3.63) is 70.6 Å². The zero-order valence-corrected chi connectivity index (χ0v) is 15.2. The fourth-order valence-electron chi connectivity index (χ4n) is 3.13. The normalized spacial score (nSPS) is 16.1. The maximum absolute atomic E-state index is 13.1. The summed E-state index contributed by atoms with van der Waals surface area (Å²) >= 11 is 6.20. The molecule has 1 aliphatic rings. The van der Waals surface area contributed by atoms with Crippen molar-refractivity contribution in [1.82, 2.24) is 25.1 Å². The van der Waals surface area contributed by atoms with Crippen LogP contribution in [0.3, 0.4) is 0 Å². The summed E-state index contributed by atoms with van der Waals surface area (Å²) in [6, 6.07) is 13.5. The van der Waals surface area contributed by atoms with E-state index in [0.29, 0.717) is 28.6 Å². The molecular weight excluding hydrogens is 385 g/mol. The fraction of sp³-hybridized carbons (Fsp3) is 0.158. The minimum atomic E-state index is -0.283. The summed E-state index contributed by atoms with van der Waals surface area (Å²) in [6.45, 7) is 0.730. The van der Waals surface area contributed by atoms with E-state index >= 15 is 0 Å². The molecule has 0 radical (unpaired) electrons. The third-order valence-electron chi connectivity index (χ3n) is 4.58. The van der Waals surface area contributed by atoms with Crippen molar-refractivity contribution in [2.75, 3.05) is 0 Å². The topological polar surface area (TPSA) is 78.9 Å². The molecule has 3 heterocycles. The predicted molar refractivity (Wildman–Crippen MR) is 97.7 cm³/mol. The Balaban J connectivity index is 1.43. The van der Waals surface area contributed by atoms with Crippen LogP contribution in [0.25, 0.3) is 23.0 Å². The Morgan fingerprint density at radius 2 is 1.93 bits per heavy atom. The summed E-state index contributed by atoms with van der Waals surface area (Å²) in [5.74, 6) is 0.345. The largest absolute Gasteiger partial charge is 0.365 e. The highest BCUT2D eigenvalue weighted by atomic mass is 35.5. The van der Waals surface area contributed by atoms with Gasteiger partial charge in [0.05, 0.1) is 23.9 Å². The molecule has 1 aliphatic heterocycles. The molecule has 0 saturated carbocycles. The van der Waals surface area contributed by atoms with Crippen LogP contribution in [0.15, 0.2) is 53.1 Å². The lowest BCUT2D eigenvalue weighted by Gasteiger charge is -2.24. The molecule has 2 aromatic heterocycles. The molecule has 7 nitrogen and oxygen atoms in total. The number of fused-ring (bicyclic) bond motifs is 1. The van der Waals surface area contributed by atoms with Crippen molar-refractivity contribution in [2.45, 2.75) is 19.3 Å². The maximum atomic E-state index is 13.1. The number of nitrogens with zero attached hydrogens (tertiary/aromatic N) is 5. The van der Waals surface area contributed by atoms with E-state index in [1.54, 1.807) is 22.9 Å². The molecule has 0 saturated heterocycles. The Labute approximate surface area is 163 Å². The zero-order chi connectivity index (χ0) is 19.1. The quantitative estimate of drug-likeness (QED) is 0.518. The zero-order valence-electron chi connectivity index (χ0n) is 14.4. The number of rotatable bonds is 3. The summed E-state index contributed by atoms with van der Waals surface area (Å²) in [6.07, 6.45) is -0.232. The number of halogens is 2. The second kappa shape index (κ2) is 6.81. The molecule has 0 unspecified atom stereocenters. The third-order valence-corrected chi connectivity index (χ3v) is 4.91. The lowest BCUT2D eigenvalue weighted by atomic mass is 10.1. The Kier molecular flexibility index (Phi) is 4.14. The van der Waals surface area contributed by atoms with Gasteiger partial charge in [0.2, 0.25) is 5.82 Å². The molecular formula is C19H13ClFN5O2. The van der Waals surface area contributed by atoms with Crippen LogP contribution in [0, 0.1) is 5.82 Å². The molecule has 28 heavy (non-hydrogen) atoms. The minimum Gasteiger partial charge on any atom is -0.365 e.